The number of nitrogens with zero attached hydrogens (tertiary/aromatic N) is 2. The molecular weight excluding hydrogens is 232 g/mol. The zero-order valence-electron chi connectivity index (χ0n) is 10.0. The lowest BCUT2D eigenvalue weighted by Gasteiger charge is -2.06. The molecule has 1 heterocycles. The van der Waals surface area contributed by atoms with Crippen LogP contribution in [0.4, 0.5) is 0 Å². The molecule has 0 amide bonds. The van der Waals surface area contributed by atoms with E-state index in [4.69, 9.17) is 4.74 Å². The molecule has 0 spiro atoms. The van der Waals surface area contributed by atoms with Crippen LogP contribution in [0.2, 0.25) is 0 Å². The molecule has 1 aromatic heterocycles. The maximum absolute atomic E-state index is 11.5. The Morgan fingerprint density at radius 3 is 2.94 bits per heavy atom. The predicted molar refractivity (Wildman–Crippen MR) is 65.4 cm³/mol. The van der Waals surface area contributed by atoms with Gasteiger partial charge in [-0.1, -0.05) is 18.2 Å². The first-order chi connectivity index (χ1) is 8.76. The van der Waals surface area contributed by atoms with Crippen molar-refractivity contribution in [3.63, 3.8) is 0 Å². The van der Waals surface area contributed by atoms with Crippen LogP contribution in [0.1, 0.15) is 22.8 Å². The Bertz CT molecular complexity index is 549. The van der Waals surface area contributed by atoms with E-state index < -0.39 is 5.97 Å². The van der Waals surface area contributed by atoms with E-state index in [1.165, 1.54) is 6.20 Å². The van der Waals surface area contributed by atoms with E-state index in [1.807, 2.05) is 18.2 Å². The molecule has 2 rings (SSSR count). The van der Waals surface area contributed by atoms with Gasteiger partial charge in [-0.15, -0.1) is 0 Å². The molecule has 94 valence electrons. The molecule has 1 N–H and O–H groups in total. The second-order valence-electron chi connectivity index (χ2n) is 3.68. The summed E-state index contributed by atoms with van der Waals surface area (Å²) in [6.45, 7) is 2.01. The molecule has 1 aromatic carbocycles. The number of carbonyl (C=O) groups excluding carboxylic acids is 1. The van der Waals surface area contributed by atoms with Gasteiger partial charge in [-0.25, -0.2) is 9.48 Å². The van der Waals surface area contributed by atoms with E-state index in [0.717, 1.165) is 11.3 Å². The first-order valence-corrected chi connectivity index (χ1v) is 5.67. The molecular formula is C13H14N2O3. The lowest BCUT2D eigenvalue weighted by Crippen LogP contribution is -2.03. The van der Waals surface area contributed by atoms with Crippen LogP contribution in [0, 0.1) is 0 Å². The Kier molecular flexibility index (Phi) is 3.74. The van der Waals surface area contributed by atoms with Gasteiger partial charge in [-0.2, -0.15) is 5.10 Å². The Morgan fingerprint density at radius 1 is 1.44 bits per heavy atom. The van der Waals surface area contributed by atoms with Gasteiger partial charge in [0.2, 0.25) is 0 Å². The number of carbonyl (C=O) groups is 1. The van der Waals surface area contributed by atoms with Crippen molar-refractivity contribution in [1.29, 1.82) is 0 Å². The van der Waals surface area contributed by atoms with Crippen molar-refractivity contribution in [3.8, 4) is 5.69 Å². The molecule has 0 saturated heterocycles. The molecule has 5 heteroatoms. The average Bonchev–Trinajstić information content (AvgIpc) is 2.88. The summed E-state index contributed by atoms with van der Waals surface area (Å²) in [5.74, 6) is -0.398. The van der Waals surface area contributed by atoms with Gasteiger partial charge in [0, 0.05) is 11.8 Å². The van der Waals surface area contributed by atoms with E-state index in [9.17, 15) is 9.90 Å². The lowest BCUT2D eigenvalue weighted by molar-refractivity contribution is 0.0526. The maximum atomic E-state index is 11.5. The lowest BCUT2D eigenvalue weighted by atomic mass is 10.2. The van der Waals surface area contributed by atoms with Crippen molar-refractivity contribution >= 4 is 5.97 Å². The third-order valence-corrected chi connectivity index (χ3v) is 2.50. The summed E-state index contributed by atoms with van der Waals surface area (Å²) in [4.78, 5) is 11.5. The summed E-state index contributed by atoms with van der Waals surface area (Å²) in [5.41, 5.74) is 1.89. The fourth-order valence-corrected chi connectivity index (χ4v) is 1.64. The number of esters is 1. The summed E-state index contributed by atoms with van der Waals surface area (Å²) in [6.07, 6.45) is 3.04. The van der Waals surface area contributed by atoms with Gasteiger partial charge >= 0.3 is 5.97 Å². The van der Waals surface area contributed by atoms with Gasteiger partial charge in [0.15, 0.2) is 0 Å². The number of ether oxygens (including phenoxy) is 1. The van der Waals surface area contributed by atoms with E-state index >= 15 is 0 Å². The maximum Gasteiger partial charge on any atom is 0.341 e. The van der Waals surface area contributed by atoms with Crippen LogP contribution in [0.5, 0.6) is 0 Å². The van der Waals surface area contributed by atoms with Gasteiger partial charge in [0.1, 0.15) is 0 Å². The van der Waals surface area contributed by atoms with Crippen molar-refractivity contribution in [2.45, 2.75) is 13.5 Å². The molecule has 18 heavy (non-hydrogen) atoms. The standard InChI is InChI=1S/C13H14N2O3/c1-2-18-13(17)11-7-14-15(8-11)12-6-4-3-5-10(12)9-16/h3-8,16H,2,9H2,1H3. The SMILES string of the molecule is CCOC(=O)c1cnn(-c2ccccc2CO)c1. The number of aliphatic hydroxyl groups is 1. The van der Waals surface area contributed by atoms with Gasteiger partial charge in [-0.05, 0) is 13.0 Å². The van der Waals surface area contributed by atoms with Crippen LogP contribution < -0.4 is 0 Å². The highest BCUT2D eigenvalue weighted by Crippen LogP contribution is 2.14. The predicted octanol–water partition coefficient (Wildman–Crippen LogP) is 1.54. The summed E-state index contributed by atoms with van der Waals surface area (Å²) < 4.78 is 6.45. The summed E-state index contributed by atoms with van der Waals surface area (Å²) in [5, 5.41) is 13.4. The third kappa shape index (κ3) is 2.41. The molecule has 0 aliphatic rings. The molecule has 0 unspecified atom stereocenters. The van der Waals surface area contributed by atoms with Crippen molar-refractivity contribution in [2.75, 3.05) is 6.61 Å². The molecule has 0 bridgehead atoms. The number of para-hydroxylation sites is 1. The van der Waals surface area contributed by atoms with Gasteiger partial charge in [-0.3, -0.25) is 0 Å². The number of aliphatic hydroxyl groups excluding tert-OH is 1. The van der Waals surface area contributed by atoms with Gasteiger partial charge < -0.3 is 9.84 Å². The molecule has 0 atom stereocenters. The summed E-state index contributed by atoms with van der Waals surface area (Å²) in [7, 11) is 0. The van der Waals surface area contributed by atoms with Crippen LogP contribution in [0.25, 0.3) is 5.69 Å². The minimum atomic E-state index is -0.398. The molecule has 0 saturated carbocycles. The van der Waals surface area contributed by atoms with Crippen LogP contribution in [0.3, 0.4) is 0 Å². The fraction of sp³-hybridized carbons (Fsp3) is 0.231. The molecule has 0 fully saturated rings. The van der Waals surface area contributed by atoms with Gasteiger partial charge in [0.25, 0.3) is 0 Å². The van der Waals surface area contributed by atoms with E-state index in [0.29, 0.717) is 12.2 Å². The highest BCUT2D eigenvalue weighted by atomic mass is 16.5. The Morgan fingerprint density at radius 2 is 2.22 bits per heavy atom. The third-order valence-electron chi connectivity index (χ3n) is 2.50. The zero-order chi connectivity index (χ0) is 13.0. The number of benzene rings is 1. The second kappa shape index (κ2) is 5.46. The van der Waals surface area contributed by atoms with Crippen LogP contribution in [-0.2, 0) is 11.3 Å². The monoisotopic (exact) mass is 246 g/mol. The van der Waals surface area contributed by atoms with Crippen molar-refractivity contribution in [1.82, 2.24) is 9.78 Å². The first-order valence-electron chi connectivity index (χ1n) is 5.67. The highest BCUT2D eigenvalue weighted by Gasteiger charge is 2.11. The van der Waals surface area contributed by atoms with E-state index in [2.05, 4.69) is 5.10 Å². The smallest absolute Gasteiger partial charge is 0.341 e. The van der Waals surface area contributed by atoms with E-state index in [-0.39, 0.29) is 6.61 Å². The topological polar surface area (TPSA) is 64.3 Å². The summed E-state index contributed by atoms with van der Waals surface area (Å²) >= 11 is 0. The summed E-state index contributed by atoms with van der Waals surface area (Å²) in [6, 6.07) is 7.32. The van der Waals surface area contributed by atoms with Crippen LogP contribution in [-0.4, -0.2) is 27.5 Å². The number of hydrogen-bond donors (Lipinski definition) is 1. The normalized spacial score (nSPS) is 10.3. The van der Waals surface area contributed by atoms with Gasteiger partial charge in [0.05, 0.1) is 30.7 Å². The van der Waals surface area contributed by atoms with Crippen LogP contribution in [0.15, 0.2) is 36.7 Å². The molecule has 0 radical (unpaired) electrons. The van der Waals surface area contributed by atoms with Crippen LogP contribution >= 0.6 is 0 Å². The largest absolute Gasteiger partial charge is 0.462 e. The molecule has 0 aliphatic heterocycles. The minimum absolute atomic E-state index is 0.0786. The zero-order valence-corrected chi connectivity index (χ0v) is 10.0. The second-order valence-corrected chi connectivity index (χ2v) is 3.68. The number of aromatic nitrogens is 2. The quantitative estimate of drug-likeness (QED) is 0.831. The van der Waals surface area contributed by atoms with Crippen molar-refractivity contribution < 1.29 is 14.6 Å². The fourth-order valence-electron chi connectivity index (χ4n) is 1.64. The van der Waals surface area contributed by atoms with Crippen molar-refractivity contribution in [2.24, 2.45) is 0 Å². The first kappa shape index (κ1) is 12.3. The highest BCUT2D eigenvalue weighted by molar-refractivity contribution is 5.88. The molecule has 5 nitrogen and oxygen atoms in total. The molecule has 2 aromatic rings. The Balaban J connectivity index is 2.32. The average molecular weight is 246 g/mol. The van der Waals surface area contributed by atoms with E-state index in [1.54, 1.807) is 23.9 Å². The Hall–Kier alpha value is -2.14. The Labute approximate surface area is 105 Å². The minimum Gasteiger partial charge on any atom is -0.462 e. The van der Waals surface area contributed by atoms with Crippen molar-refractivity contribution in [3.05, 3.63) is 47.8 Å². The number of rotatable bonds is 4. The molecule has 0 aliphatic carbocycles. The number of hydrogen-bond acceptors (Lipinski definition) is 4.